The van der Waals surface area contributed by atoms with Gasteiger partial charge in [0.05, 0.1) is 5.56 Å². The number of hydrogen-bond donors (Lipinski definition) is 1. The van der Waals surface area contributed by atoms with Crippen LogP contribution in [-0.4, -0.2) is 15.7 Å². The molecule has 2 aromatic heterocycles. The average molecular weight is 428 g/mol. The van der Waals surface area contributed by atoms with E-state index in [1.54, 1.807) is 11.8 Å². The summed E-state index contributed by atoms with van der Waals surface area (Å²) in [5.74, 6) is 1.84. The van der Waals surface area contributed by atoms with Gasteiger partial charge < -0.3 is 9.72 Å². The fourth-order valence-corrected chi connectivity index (χ4v) is 3.99. The van der Waals surface area contributed by atoms with Crippen molar-refractivity contribution >= 4 is 22.8 Å². The van der Waals surface area contributed by atoms with Gasteiger partial charge in [-0.2, -0.15) is 13.2 Å². The molecule has 30 heavy (non-hydrogen) atoms. The number of nitrogens with one attached hydrogen (secondary N) is 1. The number of benzene rings is 2. The summed E-state index contributed by atoms with van der Waals surface area (Å²) < 4.78 is 44.6. The lowest BCUT2D eigenvalue weighted by Gasteiger charge is -2.15. The van der Waals surface area contributed by atoms with Gasteiger partial charge >= 0.3 is 6.18 Å². The summed E-state index contributed by atoms with van der Waals surface area (Å²) in [4.78, 5) is 8.74. The zero-order valence-corrected chi connectivity index (χ0v) is 17.2. The third kappa shape index (κ3) is 4.16. The Morgan fingerprint density at radius 3 is 2.47 bits per heavy atom. The van der Waals surface area contributed by atoms with E-state index in [2.05, 4.69) is 23.0 Å². The third-order valence-corrected chi connectivity index (χ3v) is 5.49. The number of aromatic amines is 1. The highest BCUT2D eigenvalue weighted by Gasteiger charge is 2.30. The van der Waals surface area contributed by atoms with Crippen molar-refractivity contribution in [2.24, 2.45) is 0 Å². The minimum Gasteiger partial charge on any atom is -0.457 e. The van der Waals surface area contributed by atoms with Gasteiger partial charge in [-0.25, -0.2) is 4.98 Å². The van der Waals surface area contributed by atoms with Crippen molar-refractivity contribution in [3.63, 3.8) is 0 Å². The molecule has 154 valence electrons. The lowest BCUT2D eigenvalue weighted by atomic mass is 10.0. The second kappa shape index (κ2) is 8.07. The normalized spacial score (nSPS) is 11.8. The fraction of sp³-hybridized carbons (Fsp3) is 0.174. The van der Waals surface area contributed by atoms with Gasteiger partial charge in [-0.05, 0) is 72.8 Å². The standard InChI is InChI=1S/C23H19F3N2OS/c1-3-30-17-8-9-21(29-16-6-4-15(5-7-16)23(24,25)26)20(13-17)19-12-14(2)28-22-18(19)10-11-27-22/h4-13H,3H2,1-2H3,(H,27,28). The van der Waals surface area contributed by atoms with Crippen LogP contribution in [0.1, 0.15) is 18.2 Å². The second-order valence-corrected chi connectivity index (χ2v) is 8.10. The molecule has 0 saturated carbocycles. The minimum atomic E-state index is -4.38. The van der Waals surface area contributed by atoms with E-state index in [4.69, 9.17) is 4.74 Å². The highest BCUT2D eigenvalue weighted by atomic mass is 32.2. The quantitative estimate of drug-likeness (QED) is 0.335. The molecule has 0 saturated heterocycles. The zero-order valence-electron chi connectivity index (χ0n) is 16.4. The van der Waals surface area contributed by atoms with Crippen LogP contribution in [0.5, 0.6) is 11.5 Å². The van der Waals surface area contributed by atoms with E-state index in [1.165, 1.54) is 12.1 Å². The first-order valence-electron chi connectivity index (χ1n) is 9.42. The summed E-state index contributed by atoms with van der Waals surface area (Å²) >= 11 is 1.71. The van der Waals surface area contributed by atoms with Crippen LogP contribution < -0.4 is 4.74 Å². The van der Waals surface area contributed by atoms with Gasteiger partial charge in [-0.1, -0.05) is 6.92 Å². The Hall–Kier alpha value is -2.93. The molecule has 2 aromatic carbocycles. The van der Waals surface area contributed by atoms with Crippen LogP contribution >= 0.6 is 11.8 Å². The summed E-state index contributed by atoms with van der Waals surface area (Å²) in [5.41, 5.74) is 2.75. The molecule has 4 aromatic rings. The molecule has 0 spiro atoms. The molecule has 0 radical (unpaired) electrons. The molecule has 0 amide bonds. The molecule has 0 atom stereocenters. The lowest BCUT2D eigenvalue weighted by molar-refractivity contribution is -0.137. The van der Waals surface area contributed by atoms with E-state index >= 15 is 0 Å². The Morgan fingerprint density at radius 1 is 1.00 bits per heavy atom. The minimum absolute atomic E-state index is 0.344. The van der Waals surface area contributed by atoms with Gasteiger partial charge in [0.2, 0.25) is 0 Å². The van der Waals surface area contributed by atoms with Gasteiger partial charge in [0.25, 0.3) is 0 Å². The SMILES string of the molecule is CCSc1ccc(Oc2ccc(C(F)(F)F)cc2)c(-c2cc(C)nc3[nH]ccc23)c1. The number of fused-ring (bicyclic) bond motifs is 1. The number of rotatable bonds is 5. The fourth-order valence-electron chi connectivity index (χ4n) is 3.29. The molecule has 0 unspecified atom stereocenters. The molecule has 7 heteroatoms. The first-order chi connectivity index (χ1) is 14.3. The average Bonchev–Trinajstić information content (AvgIpc) is 3.17. The van der Waals surface area contributed by atoms with Crippen LogP contribution in [0.3, 0.4) is 0 Å². The number of ether oxygens (including phenoxy) is 1. The first-order valence-corrected chi connectivity index (χ1v) is 10.4. The van der Waals surface area contributed by atoms with E-state index in [9.17, 15) is 13.2 Å². The van der Waals surface area contributed by atoms with Crippen LogP contribution in [0.4, 0.5) is 13.2 Å². The Labute approximate surface area is 176 Å². The molecule has 0 aliphatic carbocycles. The number of aromatic nitrogens is 2. The van der Waals surface area contributed by atoms with Gasteiger partial charge in [-0.3, -0.25) is 0 Å². The molecule has 2 heterocycles. The summed E-state index contributed by atoms with van der Waals surface area (Å²) in [6.45, 7) is 4.00. The predicted octanol–water partition coefficient (Wildman–Crippen LogP) is 7.46. The van der Waals surface area contributed by atoms with E-state index < -0.39 is 11.7 Å². The van der Waals surface area contributed by atoms with Gasteiger partial charge in [0.1, 0.15) is 17.1 Å². The summed E-state index contributed by atoms with van der Waals surface area (Å²) in [5, 5.41) is 0.955. The van der Waals surface area contributed by atoms with Crippen molar-refractivity contribution in [1.29, 1.82) is 0 Å². The van der Waals surface area contributed by atoms with Gasteiger partial charge in [-0.15, -0.1) is 11.8 Å². The molecule has 4 rings (SSSR count). The number of alkyl halides is 3. The Morgan fingerprint density at radius 2 is 1.77 bits per heavy atom. The third-order valence-electron chi connectivity index (χ3n) is 4.62. The van der Waals surface area contributed by atoms with Crippen molar-refractivity contribution in [3.05, 3.63) is 72.1 Å². The van der Waals surface area contributed by atoms with Gasteiger partial charge in [0.15, 0.2) is 0 Å². The predicted molar refractivity (Wildman–Crippen MR) is 114 cm³/mol. The first kappa shape index (κ1) is 20.3. The van der Waals surface area contributed by atoms with E-state index in [1.807, 2.05) is 37.4 Å². The van der Waals surface area contributed by atoms with Crippen LogP contribution in [0, 0.1) is 6.92 Å². The highest BCUT2D eigenvalue weighted by molar-refractivity contribution is 7.99. The maximum atomic E-state index is 12.9. The number of H-pyrrole nitrogens is 1. The lowest BCUT2D eigenvalue weighted by Crippen LogP contribution is -2.04. The van der Waals surface area contributed by atoms with Crippen molar-refractivity contribution in [2.75, 3.05) is 5.75 Å². The monoisotopic (exact) mass is 428 g/mol. The Kier molecular flexibility index (Phi) is 5.47. The second-order valence-electron chi connectivity index (χ2n) is 6.77. The molecule has 0 aliphatic rings. The molecule has 0 aliphatic heterocycles. The number of thioether (sulfide) groups is 1. The summed E-state index contributed by atoms with van der Waals surface area (Å²) in [6, 6.07) is 14.5. The zero-order chi connectivity index (χ0) is 21.3. The Balaban J connectivity index is 1.79. The van der Waals surface area contributed by atoms with Crippen LogP contribution in [0.2, 0.25) is 0 Å². The molecule has 0 bridgehead atoms. The topological polar surface area (TPSA) is 37.9 Å². The number of halogens is 3. The van der Waals surface area contributed by atoms with E-state index in [-0.39, 0.29) is 0 Å². The van der Waals surface area contributed by atoms with Crippen LogP contribution in [-0.2, 0) is 6.18 Å². The molecule has 0 fully saturated rings. The van der Waals surface area contributed by atoms with Crippen molar-refractivity contribution in [2.45, 2.75) is 24.9 Å². The summed E-state index contributed by atoms with van der Waals surface area (Å²) in [7, 11) is 0. The maximum absolute atomic E-state index is 12.9. The highest BCUT2D eigenvalue weighted by Crippen LogP contribution is 2.40. The number of nitrogens with zero attached hydrogens (tertiary/aromatic N) is 1. The molecular weight excluding hydrogens is 409 g/mol. The van der Waals surface area contributed by atoms with E-state index in [0.29, 0.717) is 11.5 Å². The largest absolute Gasteiger partial charge is 0.457 e. The van der Waals surface area contributed by atoms with Crippen molar-refractivity contribution < 1.29 is 17.9 Å². The number of aryl methyl sites for hydroxylation is 1. The molecule has 3 nitrogen and oxygen atoms in total. The van der Waals surface area contributed by atoms with Crippen LogP contribution in [0.15, 0.2) is 65.7 Å². The number of hydrogen-bond acceptors (Lipinski definition) is 3. The maximum Gasteiger partial charge on any atom is 0.416 e. The van der Waals surface area contributed by atoms with Crippen LogP contribution in [0.25, 0.3) is 22.2 Å². The van der Waals surface area contributed by atoms with Gasteiger partial charge in [0, 0.05) is 27.7 Å². The number of pyridine rings is 1. The molecule has 1 N–H and O–H groups in total. The van der Waals surface area contributed by atoms with Crippen molar-refractivity contribution in [3.8, 4) is 22.6 Å². The smallest absolute Gasteiger partial charge is 0.416 e. The van der Waals surface area contributed by atoms with E-state index in [0.717, 1.165) is 50.6 Å². The Bertz CT molecular complexity index is 1180. The van der Waals surface area contributed by atoms with Crippen molar-refractivity contribution in [1.82, 2.24) is 9.97 Å². The summed E-state index contributed by atoms with van der Waals surface area (Å²) in [6.07, 6.45) is -2.54. The molecular formula is C23H19F3N2OS.